The maximum atomic E-state index is 5.54. The Balaban J connectivity index is 1.34. The van der Waals surface area contributed by atoms with Gasteiger partial charge in [-0.1, -0.05) is 18.6 Å². The van der Waals surface area contributed by atoms with E-state index in [1.807, 2.05) is 0 Å². The molecule has 2 heterocycles. The number of piperidine rings is 1. The highest BCUT2D eigenvalue weighted by molar-refractivity contribution is 5.58. The summed E-state index contributed by atoms with van der Waals surface area (Å²) in [6.07, 6.45) is 7.10. The predicted octanol–water partition coefficient (Wildman–Crippen LogP) is 2.83. The fourth-order valence-corrected chi connectivity index (χ4v) is 4.58. The number of hydrogen-bond acceptors (Lipinski definition) is 4. The minimum Gasteiger partial charge on any atom is -0.495 e. The third-order valence-electron chi connectivity index (χ3n) is 6.28. The molecule has 1 unspecified atom stereocenters. The molecule has 1 aromatic carbocycles. The number of piperazine rings is 1. The number of methoxy groups -OCH3 is 1. The Hall–Kier alpha value is -1.26. The first-order chi connectivity index (χ1) is 11.8. The lowest BCUT2D eigenvalue weighted by atomic mass is 9.89. The molecule has 0 aromatic heterocycles. The molecule has 4 rings (SSSR count). The van der Waals surface area contributed by atoms with Crippen molar-refractivity contribution in [2.75, 3.05) is 51.3 Å². The van der Waals surface area contributed by atoms with Crippen molar-refractivity contribution in [1.29, 1.82) is 0 Å². The van der Waals surface area contributed by atoms with Crippen LogP contribution in [0.1, 0.15) is 32.1 Å². The monoisotopic (exact) mass is 329 g/mol. The fourth-order valence-electron chi connectivity index (χ4n) is 4.58. The molecule has 4 nitrogen and oxygen atoms in total. The number of hydrogen-bond donors (Lipinski definition) is 0. The van der Waals surface area contributed by atoms with E-state index in [4.69, 9.17) is 4.74 Å². The SMILES string of the molecule is COc1ccccc1N1CCN(C2CCCN(C3CCC3)C2)CC1. The van der Waals surface area contributed by atoms with Gasteiger partial charge in [-0.3, -0.25) is 9.80 Å². The Morgan fingerprint density at radius 3 is 2.29 bits per heavy atom. The average Bonchev–Trinajstić information content (AvgIpc) is 2.61. The van der Waals surface area contributed by atoms with Gasteiger partial charge in [-0.25, -0.2) is 0 Å². The highest BCUT2D eigenvalue weighted by Gasteiger charge is 2.33. The first kappa shape index (κ1) is 16.2. The molecule has 0 amide bonds. The lowest BCUT2D eigenvalue weighted by Crippen LogP contribution is -2.57. The number of likely N-dealkylation sites (tertiary alicyclic amines) is 1. The molecule has 1 aromatic rings. The van der Waals surface area contributed by atoms with Gasteiger partial charge in [-0.05, 0) is 44.4 Å². The first-order valence-electron chi connectivity index (χ1n) is 9.71. The maximum absolute atomic E-state index is 5.54. The van der Waals surface area contributed by atoms with Crippen LogP contribution < -0.4 is 9.64 Å². The lowest BCUT2D eigenvalue weighted by molar-refractivity contribution is 0.0419. The van der Waals surface area contributed by atoms with Crippen molar-refractivity contribution in [1.82, 2.24) is 9.80 Å². The zero-order valence-corrected chi connectivity index (χ0v) is 15.0. The molecule has 4 heteroatoms. The summed E-state index contributed by atoms with van der Waals surface area (Å²) in [5.74, 6) is 1.000. The van der Waals surface area contributed by atoms with Crippen LogP contribution in [0.25, 0.3) is 0 Å². The van der Waals surface area contributed by atoms with Gasteiger partial charge in [0.25, 0.3) is 0 Å². The summed E-state index contributed by atoms with van der Waals surface area (Å²) in [5.41, 5.74) is 1.25. The smallest absolute Gasteiger partial charge is 0.142 e. The molecule has 3 aliphatic rings. The zero-order valence-electron chi connectivity index (χ0n) is 15.0. The third-order valence-corrected chi connectivity index (χ3v) is 6.28. The molecule has 3 fully saturated rings. The van der Waals surface area contributed by atoms with Crippen LogP contribution in [0.3, 0.4) is 0 Å². The molecule has 2 aliphatic heterocycles. The van der Waals surface area contributed by atoms with Crippen LogP contribution >= 0.6 is 0 Å². The minimum atomic E-state index is 0.777. The van der Waals surface area contributed by atoms with Crippen LogP contribution in [0, 0.1) is 0 Å². The molecule has 0 bridgehead atoms. The third kappa shape index (κ3) is 3.27. The molecule has 132 valence electrons. The van der Waals surface area contributed by atoms with Crippen LogP contribution in [0.5, 0.6) is 5.75 Å². The van der Waals surface area contributed by atoms with E-state index in [2.05, 4.69) is 39.0 Å². The van der Waals surface area contributed by atoms with Gasteiger partial charge in [0, 0.05) is 44.8 Å². The summed E-state index contributed by atoms with van der Waals surface area (Å²) in [6.45, 7) is 7.23. The van der Waals surface area contributed by atoms with Crippen LogP contribution in [-0.2, 0) is 0 Å². The second-order valence-corrected chi connectivity index (χ2v) is 7.57. The van der Waals surface area contributed by atoms with Gasteiger partial charge in [0.1, 0.15) is 5.75 Å². The van der Waals surface area contributed by atoms with E-state index in [0.29, 0.717) is 0 Å². The summed E-state index contributed by atoms with van der Waals surface area (Å²) in [7, 11) is 1.77. The Labute approximate surface area is 146 Å². The van der Waals surface area contributed by atoms with Crippen LogP contribution in [-0.4, -0.2) is 68.3 Å². The highest BCUT2D eigenvalue weighted by atomic mass is 16.5. The summed E-state index contributed by atoms with van der Waals surface area (Å²) in [5, 5.41) is 0. The van der Waals surface area contributed by atoms with Gasteiger partial charge in [-0.15, -0.1) is 0 Å². The molecular formula is C20H31N3O. The standard InChI is InChI=1S/C20H31N3O/c1-24-20-10-3-2-9-19(20)22-14-12-21(13-15-22)18-8-5-11-23(16-18)17-6-4-7-17/h2-3,9-10,17-18H,4-8,11-16H2,1H3. The molecular weight excluding hydrogens is 298 g/mol. The second-order valence-electron chi connectivity index (χ2n) is 7.57. The van der Waals surface area contributed by atoms with Gasteiger partial charge in [-0.2, -0.15) is 0 Å². The predicted molar refractivity (Wildman–Crippen MR) is 99.0 cm³/mol. The number of ether oxygens (including phenoxy) is 1. The van der Waals surface area contributed by atoms with Crippen molar-refractivity contribution in [3.8, 4) is 5.75 Å². The Bertz CT molecular complexity index is 537. The quantitative estimate of drug-likeness (QED) is 0.845. The van der Waals surface area contributed by atoms with Crippen LogP contribution in [0.15, 0.2) is 24.3 Å². The molecule has 1 atom stereocenters. The number of benzene rings is 1. The molecule has 1 saturated carbocycles. The number of para-hydroxylation sites is 2. The van der Waals surface area contributed by atoms with E-state index in [1.165, 1.54) is 64.0 Å². The molecule has 0 radical (unpaired) electrons. The minimum absolute atomic E-state index is 0.777. The van der Waals surface area contributed by atoms with Gasteiger partial charge in [0.05, 0.1) is 12.8 Å². The Morgan fingerprint density at radius 1 is 0.833 bits per heavy atom. The average molecular weight is 329 g/mol. The normalized spacial score (nSPS) is 27.0. The van der Waals surface area contributed by atoms with Crippen molar-refractivity contribution in [3.63, 3.8) is 0 Å². The van der Waals surface area contributed by atoms with Gasteiger partial charge in [0.15, 0.2) is 0 Å². The zero-order chi connectivity index (χ0) is 16.4. The van der Waals surface area contributed by atoms with Crippen molar-refractivity contribution in [3.05, 3.63) is 24.3 Å². The lowest BCUT2D eigenvalue weighted by Gasteiger charge is -2.47. The number of anilines is 1. The molecule has 0 spiro atoms. The van der Waals surface area contributed by atoms with Crippen molar-refractivity contribution in [2.24, 2.45) is 0 Å². The fraction of sp³-hybridized carbons (Fsp3) is 0.700. The first-order valence-corrected chi connectivity index (χ1v) is 9.71. The van der Waals surface area contributed by atoms with E-state index in [0.717, 1.165) is 30.9 Å². The second kappa shape index (κ2) is 7.32. The number of nitrogens with zero attached hydrogens (tertiary/aromatic N) is 3. The molecule has 24 heavy (non-hydrogen) atoms. The molecule has 1 aliphatic carbocycles. The highest BCUT2D eigenvalue weighted by Crippen LogP contribution is 2.31. The van der Waals surface area contributed by atoms with E-state index in [1.54, 1.807) is 7.11 Å². The van der Waals surface area contributed by atoms with Crippen LogP contribution in [0.4, 0.5) is 5.69 Å². The van der Waals surface area contributed by atoms with E-state index >= 15 is 0 Å². The van der Waals surface area contributed by atoms with Gasteiger partial charge in [0.2, 0.25) is 0 Å². The molecule has 0 N–H and O–H groups in total. The van der Waals surface area contributed by atoms with Crippen molar-refractivity contribution < 1.29 is 4.74 Å². The van der Waals surface area contributed by atoms with Crippen LogP contribution in [0.2, 0.25) is 0 Å². The summed E-state index contributed by atoms with van der Waals surface area (Å²) < 4.78 is 5.54. The van der Waals surface area contributed by atoms with Crippen molar-refractivity contribution >= 4 is 5.69 Å². The Kier molecular flexibility index (Phi) is 4.95. The topological polar surface area (TPSA) is 19.0 Å². The van der Waals surface area contributed by atoms with Crippen molar-refractivity contribution in [2.45, 2.75) is 44.2 Å². The van der Waals surface area contributed by atoms with E-state index in [-0.39, 0.29) is 0 Å². The number of rotatable bonds is 4. The molecule has 2 saturated heterocycles. The summed E-state index contributed by atoms with van der Waals surface area (Å²) >= 11 is 0. The summed E-state index contributed by atoms with van der Waals surface area (Å²) in [4.78, 5) is 8.02. The summed E-state index contributed by atoms with van der Waals surface area (Å²) in [6, 6.07) is 10.1. The maximum Gasteiger partial charge on any atom is 0.142 e. The van der Waals surface area contributed by atoms with E-state index < -0.39 is 0 Å². The Morgan fingerprint density at radius 2 is 1.58 bits per heavy atom. The van der Waals surface area contributed by atoms with Gasteiger partial charge >= 0.3 is 0 Å². The van der Waals surface area contributed by atoms with E-state index in [9.17, 15) is 0 Å². The largest absolute Gasteiger partial charge is 0.495 e. The van der Waals surface area contributed by atoms with Gasteiger partial charge < -0.3 is 9.64 Å².